The van der Waals surface area contributed by atoms with Gasteiger partial charge in [-0.25, -0.2) is 14.4 Å². The van der Waals surface area contributed by atoms with Crippen LogP contribution in [0.1, 0.15) is 36.9 Å². The third-order valence-electron chi connectivity index (χ3n) is 4.95. The molecule has 0 aliphatic heterocycles. The second kappa shape index (κ2) is 7.79. The third-order valence-corrected chi connectivity index (χ3v) is 4.95. The lowest BCUT2D eigenvalue weighted by Crippen LogP contribution is -2.44. The van der Waals surface area contributed by atoms with Gasteiger partial charge in [0.25, 0.3) is 0 Å². The number of fused-ring (bicyclic) bond motifs is 1. The molecule has 1 aromatic carbocycles. The number of nitrogen functional groups attached to an aromatic ring is 1. The van der Waals surface area contributed by atoms with E-state index in [4.69, 9.17) is 10.2 Å². The van der Waals surface area contributed by atoms with Crippen LogP contribution < -0.4 is 27.1 Å². The van der Waals surface area contributed by atoms with Crippen molar-refractivity contribution in [3.63, 3.8) is 0 Å². The fourth-order valence-electron chi connectivity index (χ4n) is 3.50. The number of hydrogen-bond acceptors (Lipinski definition) is 7. The van der Waals surface area contributed by atoms with Gasteiger partial charge in [0.05, 0.1) is 16.8 Å². The topological polar surface area (TPSA) is 118 Å². The Morgan fingerprint density at radius 3 is 2.80 bits per heavy atom. The van der Waals surface area contributed by atoms with E-state index < -0.39 is 11.9 Å². The smallest absolute Gasteiger partial charge is 0.198 e. The molecule has 0 saturated carbocycles. The van der Waals surface area contributed by atoms with Crippen molar-refractivity contribution in [3.8, 4) is 17.4 Å². The van der Waals surface area contributed by atoms with Crippen molar-refractivity contribution >= 4 is 23.5 Å². The molecule has 1 aliphatic rings. The second-order valence-electron chi connectivity index (χ2n) is 6.89. The highest BCUT2D eigenvalue weighted by Gasteiger charge is 2.23. The predicted molar refractivity (Wildman–Crippen MR) is 111 cm³/mol. The molecule has 3 N–H and O–H groups in total. The molecule has 8 heteroatoms. The van der Waals surface area contributed by atoms with Crippen molar-refractivity contribution in [1.29, 1.82) is 5.26 Å². The number of anilines is 2. The molecule has 1 unspecified atom stereocenters. The maximum absolute atomic E-state index is 14.5. The molecule has 0 saturated heterocycles. The van der Waals surface area contributed by atoms with Gasteiger partial charge >= 0.3 is 0 Å². The molecular weight excluding hydrogens is 385 g/mol. The van der Waals surface area contributed by atoms with Crippen LogP contribution in [0.3, 0.4) is 0 Å². The van der Waals surface area contributed by atoms with E-state index in [1.54, 1.807) is 25.1 Å². The fourth-order valence-corrected chi connectivity index (χ4v) is 3.50. The molecule has 0 spiro atoms. The Labute approximate surface area is 171 Å². The molecule has 0 bridgehead atoms. The highest BCUT2D eigenvalue weighted by molar-refractivity contribution is 5.66. The quantitative estimate of drug-likeness (QED) is 0.687. The van der Waals surface area contributed by atoms with Gasteiger partial charge in [-0.2, -0.15) is 5.26 Å². The number of benzene rings is 1. The molecule has 4 rings (SSSR count). The highest BCUT2D eigenvalue weighted by Crippen LogP contribution is 2.28. The van der Waals surface area contributed by atoms with Crippen LogP contribution in [0.15, 0.2) is 45.9 Å². The number of rotatable bonds is 4. The summed E-state index contributed by atoms with van der Waals surface area (Å²) in [5.41, 5.74) is 6.44. The highest BCUT2D eigenvalue weighted by atomic mass is 19.1. The van der Waals surface area contributed by atoms with Crippen LogP contribution >= 0.6 is 0 Å². The van der Waals surface area contributed by atoms with Crippen LogP contribution in [0.4, 0.5) is 16.0 Å². The number of halogens is 1. The summed E-state index contributed by atoms with van der Waals surface area (Å²) in [6.45, 7) is 1.74. The fraction of sp³-hybridized carbons (Fsp3) is 0.182. The minimum absolute atomic E-state index is 0.0231. The van der Waals surface area contributed by atoms with Crippen LogP contribution in [-0.4, -0.2) is 9.97 Å². The predicted octanol–water partition coefficient (Wildman–Crippen LogP) is 2.38. The average Bonchev–Trinajstić information content (AvgIpc) is 2.75. The van der Waals surface area contributed by atoms with Crippen molar-refractivity contribution in [2.75, 3.05) is 11.1 Å². The minimum Gasteiger partial charge on any atom is -0.453 e. The van der Waals surface area contributed by atoms with E-state index in [2.05, 4.69) is 15.3 Å². The first-order valence-corrected chi connectivity index (χ1v) is 9.39. The van der Waals surface area contributed by atoms with Gasteiger partial charge < -0.3 is 15.5 Å². The Morgan fingerprint density at radius 1 is 1.30 bits per heavy atom. The number of nitriles is 1. The van der Waals surface area contributed by atoms with E-state index in [1.807, 2.05) is 24.3 Å². The number of aromatic nitrogens is 2. The summed E-state index contributed by atoms with van der Waals surface area (Å²) in [6, 6.07) is 10.4. The van der Waals surface area contributed by atoms with Crippen LogP contribution in [-0.2, 0) is 0 Å². The average molecular weight is 403 g/mol. The second-order valence-corrected chi connectivity index (χ2v) is 6.89. The summed E-state index contributed by atoms with van der Waals surface area (Å²) < 4.78 is 20.4. The summed E-state index contributed by atoms with van der Waals surface area (Å²) in [4.78, 5) is 21.3. The van der Waals surface area contributed by atoms with Gasteiger partial charge in [0, 0.05) is 12.0 Å². The summed E-state index contributed by atoms with van der Waals surface area (Å²) in [5, 5.41) is 12.6. The summed E-state index contributed by atoms with van der Waals surface area (Å²) in [7, 11) is 0. The Morgan fingerprint density at radius 2 is 2.07 bits per heavy atom. The first-order chi connectivity index (χ1) is 14.5. The zero-order valence-electron chi connectivity index (χ0n) is 16.1. The summed E-state index contributed by atoms with van der Waals surface area (Å²) in [5.74, 6) is 0.0675. The Bertz CT molecular complexity index is 1340. The number of nitrogens with two attached hydrogens (primary N) is 1. The molecule has 2 heterocycles. The lowest BCUT2D eigenvalue weighted by Gasteiger charge is -2.19. The monoisotopic (exact) mass is 403 g/mol. The van der Waals surface area contributed by atoms with Crippen molar-refractivity contribution in [1.82, 2.24) is 9.97 Å². The molecule has 1 aliphatic carbocycles. The maximum Gasteiger partial charge on any atom is 0.198 e. The van der Waals surface area contributed by atoms with Crippen molar-refractivity contribution in [2.24, 2.45) is 0 Å². The molecule has 1 atom stereocenters. The van der Waals surface area contributed by atoms with Gasteiger partial charge in [0.15, 0.2) is 10.8 Å². The Hall–Kier alpha value is -3.99. The summed E-state index contributed by atoms with van der Waals surface area (Å²) >= 11 is 0. The normalized spacial score (nSPS) is 13.7. The SMILES string of the molecule is CC(Nc1ncnc(N)c1C#N)c1c(-c2ccccc2)oc2c(c1=O)=CCCC=2F. The lowest BCUT2D eigenvalue weighted by molar-refractivity contribution is 0.487. The van der Waals surface area contributed by atoms with Gasteiger partial charge in [-0.05, 0) is 13.3 Å². The summed E-state index contributed by atoms with van der Waals surface area (Å²) in [6.07, 6.45) is 3.55. The molecule has 30 heavy (non-hydrogen) atoms. The number of nitrogens with one attached hydrogen (secondary N) is 1. The van der Waals surface area contributed by atoms with Gasteiger partial charge in [-0.3, -0.25) is 4.79 Å². The lowest BCUT2D eigenvalue weighted by atomic mass is 9.99. The molecule has 3 aromatic rings. The third kappa shape index (κ3) is 3.31. The van der Waals surface area contributed by atoms with Crippen LogP contribution in [0.2, 0.25) is 0 Å². The molecule has 0 fully saturated rings. The zero-order valence-corrected chi connectivity index (χ0v) is 16.1. The molecule has 0 amide bonds. The Balaban J connectivity index is 1.94. The minimum atomic E-state index is -0.610. The van der Waals surface area contributed by atoms with Crippen LogP contribution in [0.25, 0.3) is 23.2 Å². The van der Waals surface area contributed by atoms with E-state index in [-0.39, 0.29) is 45.4 Å². The first kappa shape index (κ1) is 19.3. The zero-order chi connectivity index (χ0) is 21.3. The standard InChI is InChI=1S/C22H18FN5O2/c1-12(28-22-15(10-24)21(25)26-11-27-22)17-18(29)14-8-5-9-16(23)20(14)30-19(17)13-6-3-2-4-7-13/h2-4,6-8,11-12H,5,9H2,1H3,(H3,25,26,27,28). The molecule has 2 aromatic heterocycles. The maximum atomic E-state index is 14.5. The molecule has 150 valence electrons. The van der Waals surface area contributed by atoms with E-state index in [0.717, 1.165) is 0 Å². The molecular formula is C22H18FN5O2. The van der Waals surface area contributed by atoms with Crippen molar-refractivity contribution in [2.45, 2.75) is 25.8 Å². The van der Waals surface area contributed by atoms with E-state index in [9.17, 15) is 14.4 Å². The van der Waals surface area contributed by atoms with Crippen molar-refractivity contribution in [3.05, 3.63) is 68.6 Å². The van der Waals surface area contributed by atoms with Gasteiger partial charge in [0.1, 0.15) is 41.2 Å². The van der Waals surface area contributed by atoms with Crippen molar-refractivity contribution < 1.29 is 8.81 Å². The number of hydrogen-bond donors (Lipinski definition) is 2. The van der Waals surface area contributed by atoms with Crippen LogP contribution in [0, 0.1) is 11.3 Å². The van der Waals surface area contributed by atoms with Crippen LogP contribution in [0.5, 0.6) is 0 Å². The first-order valence-electron chi connectivity index (χ1n) is 9.39. The molecule has 7 nitrogen and oxygen atoms in total. The van der Waals surface area contributed by atoms with Gasteiger partial charge in [-0.15, -0.1) is 0 Å². The Kier molecular flexibility index (Phi) is 5.02. The van der Waals surface area contributed by atoms with E-state index >= 15 is 0 Å². The van der Waals surface area contributed by atoms with Gasteiger partial charge in [-0.1, -0.05) is 36.4 Å². The number of nitrogens with zero attached hydrogens (tertiary/aromatic N) is 3. The van der Waals surface area contributed by atoms with E-state index in [1.165, 1.54) is 6.33 Å². The molecule has 0 radical (unpaired) electrons. The van der Waals surface area contributed by atoms with E-state index in [0.29, 0.717) is 17.5 Å². The largest absolute Gasteiger partial charge is 0.453 e. The van der Waals surface area contributed by atoms with Gasteiger partial charge in [0.2, 0.25) is 0 Å².